The Hall–Kier alpha value is -0.390. The zero-order valence-corrected chi connectivity index (χ0v) is 11.3. The minimum Gasteiger partial charge on any atom is -0.744 e. The molecule has 15 heavy (non-hydrogen) atoms. The number of benzene rings is 1. The molecule has 0 atom stereocenters. The second-order valence-corrected chi connectivity index (χ2v) is 4.01. The van der Waals surface area contributed by atoms with Gasteiger partial charge in [-0.1, -0.05) is 37.4 Å². The van der Waals surface area contributed by atoms with Crippen molar-refractivity contribution in [2.24, 2.45) is 0 Å². The van der Waals surface area contributed by atoms with E-state index in [2.05, 4.69) is 13.2 Å². The smallest absolute Gasteiger partial charge is 0.744 e. The van der Waals surface area contributed by atoms with Gasteiger partial charge in [-0.15, -0.1) is 0 Å². The fourth-order valence-corrected chi connectivity index (χ4v) is 1.78. The summed E-state index contributed by atoms with van der Waals surface area (Å²) < 4.78 is 32.5. The van der Waals surface area contributed by atoms with Crippen molar-refractivity contribution in [1.29, 1.82) is 0 Å². The third-order valence-electron chi connectivity index (χ3n) is 1.76. The van der Waals surface area contributed by atoms with E-state index in [0.29, 0.717) is 11.1 Å². The van der Waals surface area contributed by atoms with Crippen molar-refractivity contribution in [2.45, 2.75) is 4.90 Å². The van der Waals surface area contributed by atoms with Crippen LogP contribution in [0.3, 0.4) is 0 Å². The third-order valence-corrected chi connectivity index (χ3v) is 2.65. The molecule has 0 saturated carbocycles. The van der Waals surface area contributed by atoms with Gasteiger partial charge in [0.1, 0.15) is 10.1 Å². The van der Waals surface area contributed by atoms with E-state index >= 15 is 0 Å². The Morgan fingerprint density at radius 1 is 1.20 bits per heavy atom. The Labute approximate surface area is 112 Å². The Morgan fingerprint density at radius 2 is 1.80 bits per heavy atom. The monoisotopic (exact) mass is 232 g/mol. The summed E-state index contributed by atoms with van der Waals surface area (Å²) >= 11 is 0. The number of rotatable bonds is 3. The van der Waals surface area contributed by atoms with Gasteiger partial charge in [0.2, 0.25) is 0 Å². The normalized spacial score (nSPS) is 10.2. The minimum atomic E-state index is -4.45. The summed E-state index contributed by atoms with van der Waals surface area (Å²) in [5.74, 6) is 0. The summed E-state index contributed by atoms with van der Waals surface area (Å²) in [5.41, 5.74) is 0.899. The van der Waals surface area contributed by atoms with E-state index in [1.807, 2.05) is 0 Å². The second kappa shape index (κ2) is 5.63. The summed E-state index contributed by atoms with van der Waals surface area (Å²) in [6.07, 6.45) is 2.80. The molecule has 0 N–H and O–H groups in total. The zero-order chi connectivity index (χ0) is 10.8. The maximum Gasteiger partial charge on any atom is 1.00 e. The minimum absolute atomic E-state index is 0. The fraction of sp³-hybridized carbons (Fsp3) is 0. The summed E-state index contributed by atoms with van der Waals surface area (Å²) in [6, 6.07) is 4.47. The van der Waals surface area contributed by atoms with Crippen molar-refractivity contribution in [2.75, 3.05) is 0 Å². The Bertz CT molecular complexity index is 477. The maximum absolute atomic E-state index is 10.8. The van der Waals surface area contributed by atoms with Crippen LogP contribution >= 0.6 is 0 Å². The fourth-order valence-electron chi connectivity index (χ4n) is 1.06. The quantitative estimate of drug-likeness (QED) is 0.490. The van der Waals surface area contributed by atoms with Crippen LogP contribution in [-0.4, -0.2) is 13.0 Å². The van der Waals surface area contributed by atoms with Crippen LogP contribution in [0, 0.1) is 0 Å². The van der Waals surface area contributed by atoms with Crippen LogP contribution in [0.5, 0.6) is 0 Å². The molecule has 0 radical (unpaired) electrons. The Balaban J connectivity index is 0.00000196. The number of hydrogen-bond acceptors (Lipinski definition) is 3. The molecule has 74 valence electrons. The summed E-state index contributed by atoms with van der Waals surface area (Å²) in [4.78, 5) is -0.259. The van der Waals surface area contributed by atoms with Crippen LogP contribution in [0.25, 0.3) is 12.2 Å². The van der Waals surface area contributed by atoms with Gasteiger partial charge in [-0.25, -0.2) is 8.42 Å². The molecule has 0 aliphatic rings. The molecular formula is C10H9NaO3S. The van der Waals surface area contributed by atoms with Gasteiger partial charge in [0, 0.05) is 0 Å². The second-order valence-electron chi connectivity index (χ2n) is 2.66. The van der Waals surface area contributed by atoms with Crippen LogP contribution in [-0.2, 0) is 10.1 Å². The first-order valence-electron chi connectivity index (χ1n) is 3.84. The molecule has 0 unspecified atom stereocenters. The molecular weight excluding hydrogens is 223 g/mol. The van der Waals surface area contributed by atoms with Gasteiger partial charge in [0.05, 0.1) is 4.90 Å². The van der Waals surface area contributed by atoms with E-state index in [4.69, 9.17) is 0 Å². The van der Waals surface area contributed by atoms with Crippen molar-refractivity contribution in [1.82, 2.24) is 0 Å². The van der Waals surface area contributed by atoms with E-state index < -0.39 is 10.1 Å². The number of hydrogen-bond donors (Lipinski definition) is 0. The molecule has 0 saturated heterocycles. The van der Waals surface area contributed by atoms with Crippen molar-refractivity contribution in [3.05, 3.63) is 42.5 Å². The van der Waals surface area contributed by atoms with Crippen LogP contribution in [0.15, 0.2) is 36.3 Å². The first-order chi connectivity index (χ1) is 6.49. The van der Waals surface area contributed by atoms with Gasteiger partial charge < -0.3 is 4.55 Å². The predicted molar refractivity (Wildman–Crippen MR) is 54.6 cm³/mol. The van der Waals surface area contributed by atoms with E-state index in [1.165, 1.54) is 24.3 Å². The molecule has 5 heteroatoms. The van der Waals surface area contributed by atoms with E-state index in [9.17, 15) is 13.0 Å². The van der Waals surface area contributed by atoms with Crippen molar-refractivity contribution >= 4 is 22.3 Å². The van der Waals surface area contributed by atoms with Gasteiger partial charge >= 0.3 is 29.6 Å². The van der Waals surface area contributed by atoms with E-state index in [1.54, 1.807) is 6.07 Å². The van der Waals surface area contributed by atoms with E-state index in [0.717, 1.165) is 0 Å². The standard InChI is InChI=1S/C10H10O3S.Na/c1-3-8-5-6-9(4-2)10(7-8)14(11,12)13;/h3-7H,1-2H2,(H,11,12,13);/q;+1/p-1. The summed E-state index contributed by atoms with van der Waals surface area (Å²) in [6.45, 7) is 6.92. The average Bonchev–Trinajstić information content (AvgIpc) is 2.15. The van der Waals surface area contributed by atoms with Crippen molar-refractivity contribution in [3.8, 4) is 0 Å². The Kier molecular flexibility index (Phi) is 5.48. The SMILES string of the molecule is C=Cc1ccc(C=C)c(S(=O)(=O)[O-])c1.[Na+]. The molecule has 1 aromatic rings. The van der Waals surface area contributed by atoms with Gasteiger partial charge in [0.15, 0.2) is 0 Å². The van der Waals surface area contributed by atoms with Crippen LogP contribution in [0.2, 0.25) is 0 Å². The van der Waals surface area contributed by atoms with Gasteiger partial charge in [-0.3, -0.25) is 0 Å². The molecule has 1 aromatic carbocycles. The van der Waals surface area contributed by atoms with Crippen LogP contribution in [0.1, 0.15) is 11.1 Å². The molecule has 0 aliphatic carbocycles. The molecule has 0 aliphatic heterocycles. The van der Waals surface area contributed by atoms with Gasteiger partial charge in [-0.05, 0) is 17.2 Å². The predicted octanol–water partition coefficient (Wildman–Crippen LogP) is -1.12. The molecule has 3 nitrogen and oxygen atoms in total. The third kappa shape index (κ3) is 3.59. The molecule has 0 spiro atoms. The van der Waals surface area contributed by atoms with Gasteiger partial charge in [-0.2, -0.15) is 0 Å². The summed E-state index contributed by atoms with van der Waals surface area (Å²) in [7, 11) is -4.45. The average molecular weight is 232 g/mol. The van der Waals surface area contributed by atoms with Crippen molar-refractivity contribution in [3.63, 3.8) is 0 Å². The Morgan fingerprint density at radius 3 is 2.20 bits per heavy atom. The molecule has 0 heterocycles. The molecule has 1 rings (SSSR count). The summed E-state index contributed by atoms with van der Waals surface area (Å²) in [5, 5.41) is 0. The molecule has 0 fully saturated rings. The maximum atomic E-state index is 10.8. The van der Waals surface area contributed by atoms with Crippen LogP contribution < -0.4 is 29.6 Å². The van der Waals surface area contributed by atoms with Crippen LogP contribution in [0.4, 0.5) is 0 Å². The molecule has 0 aromatic heterocycles. The zero-order valence-electron chi connectivity index (χ0n) is 8.43. The van der Waals surface area contributed by atoms with Crippen molar-refractivity contribution < 1.29 is 42.5 Å². The first kappa shape index (κ1) is 14.6. The molecule has 0 amide bonds. The topological polar surface area (TPSA) is 57.2 Å². The van der Waals surface area contributed by atoms with E-state index in [-0.39, 0.29) is 34.5 Å². The molecule has 0 bridgehead atoms. The largest absolute Gasteiger partial charge is 1.00 e. The van der Waals surface area contributed by atoms with Gasteiger partial charge in [0.25, 0.3) is 0 Å². The first-order valence-corrected chi connectivity index (χ1v) is 5.24.